The van der Waals surface area contributed by atoms with Crippen molar-refractivity contribution >= 4 is 50.7 Å². The highest BCUT2D eigenvalue weighted by molar-refractivity contribution is 9.10. The molecule has 30 heavy (non-hydrogen) atoms. The van der Waals surface area contributed by atoms with Gasteiger partial charge in [-0.3, -0.25) is 9.59 Å². The van der Waals surface area contributed by atoms with E-state index in [1.54, 1.807) is 42.3 Å². The predicted octanol–water partition coefficient (Wildman–Crippen LogP) is 4.51. The highest BCUT2D eigenvalue weighted by atomic mass is 79.9. The lowest BCUT2D eigenvalue weighted by Gasteiger charge is -2.20. The highest BCUT2D eigenvalue weighted by Crippen LogP contribution is 2.39. The van der Waals surface area contributed by atoms with Gasteiger partial charge in [0, 0.05) is 24.1 Å². The molecule has 0 spiro atoms. The molecule has 160 valence electrons. The van der Waals surface area contributed by atoms with E-state index in [1.807, 2.05) is 6.92 Å². The average molecular weight is 498 g/mol. The number of nitrogens with one attached hydrogen (secondary N) is 1. The number of benzene rings is 2. The van der Waals surface area contributed by atoms with Crippen molar-refractivity contribution in [3.63, 3.8) is 0 Å². The molecule has 0 bridgehead atoms. The molecule has 2 aromatic rings. The van der Waals surface area contributed by atoms with E-state index in [2.05, 4.69) is 21.2 Å². The van der Waals surface area contributed by atoms with Crippen LogP contribution in [0.25, 0.3) is 0 Å². The summed E-state index contributed by atoms with van der Waals surface area (Å²) in [5, 5.41) is 3.30. The van der Waals surface area contributed by atoms with Gasteiger partial charge < -0.3 is 24.4 Å². The number of rotatable bonds is 7. The number of nitrogens with zero attached hydrogens (tertiary/aromatic N) is 1. The summed E-state index contributed by atoms with van der Waals surface area (Å²) >= 11 is 9.53. The van der Waals surface area contributed by atoms with Crippen LogP contribution >= 0.6 is 27.5 Å². The molecule has 3 rings (SSSR count). The van der Waals surface area contributed by atoms with Crippen LogP contribution in [0.5, 0.6) is 17.2 Å². The van der Waals surface area contributed by atoms with Gasteiger partial charge >= 0.3 is 0 Å². The van der Waals surface area contributed by atoms with Crippen molar-refractivity contribution in [3.05, 3.63) is 39.8 Å². The average Bonchev–Trinajstić information content (AvgIpc) is 3.11. The lowest BCUT2D eigenvalue weighted by molar-refractivity contribution is -0.122. The van der Waals surface area contributed by atoms with Gasteiger partial charge in [0.25, 0.3) is 0 Å². The minimum atomic E-state index is -0.541. The maximum atomic E-state index is 12.9. The number of hydrogen-bond acceptors (Lipinski definition) is 5. The van der Waals surface area contributed by atoms with E-state index in [9.17, 15) is 9.59 Å². The molecule has 1 aliphatic rings. The van der Waals surface area contributed by atoms with Crippen molar-refractivity contribution in [2.75, 3.05) is 37.6 Å². The van der Waals surface area contributed by atoms with Gasteiger partial charge in [-0.25, -0.2) is 0 Å². The minimum absolute atomic E-state index is 0.0813. The Morgan fingerprint density at radius 2 is 2.03 bits per heavy atom. The molecule has 1 unspecified atom stereocenters. The topological polar surface area (TPSA) is 77.1 Å². The molecule has 0 radical (unpaired) electrons. The van der Waals surface area contributed by atoms with Gasteiger partial charge in [-0.2, -0.15) is 0 Å². The second-order valence-corrected chi connectivity index (χ2v) is 7.92. The number of hydrogen-bond donors (Lipinski definition) is 1. The molecule has 7 nitrogen and oxygen atoms in total. The summed E-state index contributed by atoms with van der Waals surface area (Å²) in [7, 11) is 3.08. The minimum Gasteiger partial charge on any atom is -0.497 e. The molecule has 2 amide bonds. The van der Waals surface area contributed by atoms with E-state index in [-0.39, 0.29) is 24.8 Å². The molecule has 1 aliphatic heterocycles. The lowest BCUT2D eigenvalue weighted by Crippen LogP contribution is -2.28. The van der Waals surface area contributed by atoms with Gasteiger partial charge in [0.2, 0.25) is 11.8 Å². The zero-order valence-corrected chi connectivity index (χ0v) is 19.2. The SMILES string of the molecule is CCOc1c(Br)cc(Cl)cc1NC(=O)C1CC(=O)N(c2cc(OC)ccc2OC)C1. The molecule has 0 saturated carbocycles. The third kappa shape index (κ3) is 4.65. The summed E-state index contributed by atoms with van der Waals surface area (Å²) < 4.78 is 16.9. The summed E-state index contributed by atoms with van der Waals surface area (Å²) in [6, 6.07) is 8.51. The monoisotopic (exact) mass is 496 g/mol. The third-order valence-electron chi connectivity index (χ3n) is 4.73. The van der Waals surface area contributed by atoms with Crippen LogP contribution < -0.4 is 24.4 Å². The maximum absolute atomic E-state index is 12.9. The van der Waals surface area contributed by atoms with Crippen molar-refractivity contribution in [3.8, 4) is 17.2 Å². The first-order valence-electron chi connectivity index (χ1n) is 9.33. The molecule has 0 aromatic heterocycles. The first kappa shape index (κ1) is 22.2. The number of methoxy groups -OCH3 is 2. The van der Waals surface area contributed by atoms with Gasteiger partial charge in [-0.15, -0.1) is 0 Å². The molecule has 1 fully saturated rings. The summed E-state index contributed by atoms with van der Waals surface area (Å²) in [5.41, 5.74) is 1.02. The largest absolute Gasteiger partial charge is 0.497 e. The fraction of sp³-hybridized carbons (Fsp3) is 0.333. The van der Waals surface area contributed by atoms with Crippen LogP contribution in [0.2, 0.25) is 5.02 Å². The Hall–Kier alpha value is -2.45. The highest BCUT2D eigenvalue weighted by Gasteiger charge is 2.37. The summed E-state index contributed by atoms with van der Waals surface area (Å²) in [6.07, 6.45) is 0.0813. The van der Waals surface area contributed by atoms with Crippen LogP contribution in [-0.2, 0) is 9.59 Å². The van der Waals surface area contributed by atoms with Crippen LogP contribution in [0.15, 0.2) is 34.8 Å². The Balaban J connectivity index is 1.82. The Bertz CT molecular complexity index is 969. The molecule has 9 heteroatoms. The molecular formula is C21H22BrClN2O5. The first-order valence-corrected chi connectivity index (χ1v) is 10.5. The van der Waals surface area contributed by atoms with Crippen LogP contribution in [0, 0.1) is 5.92 Å². The third-order valence-corrected chi connectivity index (χ3v) is 5.53. The molecular weight excluding hydrogens is 476 g/mol. The van der Waals surface area contributed by atoms with Gasteiger partial charge in [0.1, 0.15) is 11.5 Å². The van der Waals surface area contributed by atoms with E-state index in [0.717, 1.165) is 0 Å². The zero-order valence-electron chi connectivity index (χ0n) is 16.8. The van der Waals surface area contributed by atoms with E-state index in [1.165, 1.54) is 7.11 Å². The second-order valence-electron chi connectivity index (χ2n) is 6.63. The van der Waals surface area contributed by atoms with Crippen molar-refractivity contribution < 1.29 is 23.8 Å². The van der Waals surface area contributed by atoms with Crippen LogP contribution in [0.4, 0.5) is 11.4 Å². The van der Waals surface area contributed by atoms with E-state index in [0.29, 0.717) is 44.7 Å². The Kier molecular flexibility index (Phi) is 7.10. The van der Waals surface area contributed by atoms with Crippen LogP contribution in [0.1, 0.15) is 13.3 Å². The zero-order chi connectivity index (χ0) is 21.8. The first-order chi connectivity index (χ1) is 14.4. The van der Waals surface area contributed by atoms with Gasteiger partial charge in [-0.1, -0.05) is 11.6 Å². The van der Waals surface area contributed by atoms with E-state index in [4.69, 9.17) is 25.8 Å². The molecule has 0 aliphatic carbocycles. The molecule has 1 heterocycles. The van der Waals surface area contributed by atoms with Crippen molar-refractivity contribution in [2.24, 2.45) is 5.92 Å². The fourth-order valence-corrected chi connectivity index (χ4v) is 4.23. The predicted molar refractivity (Wildman–Crippen MR) is 119 cm³/mol. The van der Waals surface area contributed by atoms with Crippen molar-refractivity contribution in [2.45, 2.75) is 13.3 Å². The lowest BCUT2D eigenvalue weighted by atomic mass is 10.1. The normalized spacial score (nSPS) is 15.8. The Morgan fingerprint density at radius 1 is 1.27 bits per heavy atom. The number of amides is 2. The number of ether oxygens (including phenoxy) is 3. The Morgan fingerprint density at radius 3 is 2.70 bits per heavy atom. The molecule has 1 atom stereocenters. The second kappa shape index (κ2) is 9.57. The van der Waals surface area contributed by atoms with Crippen LogP contribution in [0.3, 0.4) is 0 Å². The molecule has 2 aromatic carbocycles. The van der Waals surface area contributed by atoms with Gasteiger partial charge in [0.05, 0.1) is 42.6 Å². The number of carbonyl (C=O) groups is 2. The maximum Gasteiger partial charge on any atom is 0.229 e. The number of halogens is 2. The summed E-state index contributed by atoms with van der Waals surface area (Å²) in [4.78, 5) is 27.2. The molecule has 1 N–H and O–H groups in total. The smallest absolute Gasteiger partial charge is 0.229 e. The fourth-order valence-electron chi connectivity index (χ4n) is 3.30. The van der Waals surface area contributed by atoms with Gasteiger partial charge in [0.15, 0.2) is 5.75 Å². The van der Waals surface area contributed by atoms with Crippen molar-refractivity contribution in [1.82, 2.24) is 0 Å². The number of carbonyl (C=O) groups excluding carboxylic acids is 2. The van der Waals surface area contributed by atoms with Crippen LogP contribution in [-0.4, -0.2) is 39.2 Å². The van der Waals surface area contributed by atoms with E-state index >= 15 is 0 Å². The summed E-state index contributed by atoms with van der Waals surface area (Å²) in [5.74, 6) is 0.618. The quantitative estimate of drug-likeness (QED) is 0.609. The number of anilines is 2. The van der Waals surface area contributed by atoms with Crippen molar-refractivity contribution in [1.29, 1.82) is 0 Å². The Labute approximate surface area is 188 Å². The molecule has 1 saturated heterocycles. The standard InChI is InChI=1S/C21H22BrClN2O5/c1-4-30-20-15(22)8-13(23)9-16(20)24-21(27)12-7-19(26)25(11-12)17-10-14(28-2)5-6-18(17)29-3/h5-6,8-10,12H,4,7,11H2,1-3H3,(H,24,27). The van der Waals surface area contributed by atoms with Gasteiger partial charge in [-0.05, 0) is 47.1 Å². The van der Waals surface area contributed by atoms with E-state index < -0.39 is 5.92 Å². The summed E-state index contributed by atoms with van der Waals surface area (Å²) in [6.45, 7) is 2.50.